The summed E-state index contributed by atoms with van der Waals surface area (Å²) in [5.41, 5.74) is 4.54. The Hall–Kier alpha value is -4.45. The summed E-state index contributed by atoms with van der Waals surface area (Å²) in [6.45, 7) is 0.408. The van der Waals surface area contributed by atoms with Gasteiger partial charge in [-0.05, 0) is 29.1 Å². The SMILES string of the molecule is O=C(N/N=C\c1ccccc1OCc1ccccc1)C(=O)Nc1cccc2ccccc12. The summed E-state index contributed by atoms with van der Waals surface area (Å²) in [5, 5.41) is 8.37. The van der Waals surface area contributed by atoms with Crippen molar-refractivity contribution in [3.05, 3.63) is 108 Å². The van der Waals surface area contributed by atoms with Gasteiger partial charge in [0, 0.05) is 16.6 Å². The molecule has 0 unspecified atom stereocenters. The van der Waals surface area contributed by atoms with Crippen molar-refractivity contribution in [2.75, 3.05) is 5.32 Å². The number of ether oxygens (including phenoxy) is 1. The molecule has 2 N–H and O–H groups in total. The first-order valence-corrected chi connectivity index (χ1v) is 10.1. The third kappa shape index (κ3) is 5.17. The fourth-order valence-corrected chi connectivity index (χ4v) is 3.18. The lowest BCUT2D eigenvalue weighted by molar-refractivity contribution is -0.136. The topological polar surface area (TPSA) is 79.8 Å². The second-order valence-electron chi connectivity index (χ2n) is 6.99. The van der Waals surface area contributed by atoms with Gasteiger partial charge in [0.05, 0.1) is 6.21 Å². The summed E-state index contributed by atoms with van der Waals surface area (Å²) in [5.74, 6) is -1.04. The zero-order chi connectivity index (χ0) is 22.2. The molecule has 32 heavy (non-hydrogen) atoms. The molecule has 4 rings (SSSR count). The Bertz CT molecular complexity index is 1260. The number of para-hydroxylation sites is 1. The highest BCUT2D eigenvalue weighted by Gasteiger charge is 2.14. The minimum absolute atomic E-state index is 0.408. The summed E-state index contributed by atoms with van der Waals surface area (Å²) in [6, 6.07) is 30.2. The molecule has 0 saturated heterocycles. The average Bonchev–Trinajstić information content (AvgIpc) is 2.84. The summed E-state index contributed by atoms with van der Waals surface area (Å²) in [7, 11) is 0. The first-order chi connectivity index (χ1) is 15.7. The highest BCUT2D eigenvalue weighted by molar-refractivity contribution is 6.40. The number of hydrazone groups is 1. The zero-order valence-electron chi connectivity index (χ0n) is 17.2. The molecule has 0 aliphatic carbocycles. The summed E-state index contributed by atoms with van der Waals surface area (Å²) < 4.78 is 5.86. The minimum Gasteiger partial charge on any atom is -0.488 e. The molecule has 4 aromatic rings. The zero-order valence-corrected chi connectivity index (χ0v) is 17.2. The first-order valence-electron chi connectivity index (χ1n) is 10.1. The number of hydrogen-bond acceptors (Lipinski definition) is 4. The van der Waals surface area contributed by atoms with E-state index in [9.17, 15) is 9.59 Å². The van der Waals surface area contributed by atoms with Crippen molar-refractivity contribution in [2.45, 2.75) is 6.61 Å². The molecule has 0 fully saturated rings. The molecule has 0 aliphatic rings. The second-order valence-corrected chi connectivity index (χ2v) is 6.99. The van der Waals surface area contributed by atoms with Crippen LogP contribution >= 0.6 is 0 Å². The van der Waals surface area contributed by atoms with E-state index in [2.05, 4.69) is 15.8 Å². The van der Waals surface area contributed by atoms with Crippen LogP contribution in [0.25, 0.3) is 10.8 Å². The van der Waals surface area contributed by atoms with Crippen molar-refractivity contribution in [1.29, 1.82) is 0 Å². The van der Waals surface area contributed by atoms with Crippen LogP contribution in [-0.4, -0.2) is 18.0 Å². The number of anilines is 1. The number of carbonyl (C=O) groups is 2. The van der Waals surface area contributed by atoms with Gasteiger partial charge in [-0.25, -0.2) is 5.43 Å². The van der Waals surface area contributed by atoms with E-state index >= 15 is 0 Å². The molecule has 6 heteroatoms. The number of rotatable bonds is 6. The number of fused-ring (bicyclic) bond motifs is 1. The minimum atomic E-state index is -0.864. The van der Waals surface area contributed by atoms with E-state index in [0.29, 0.717) is 23.6 Å². The van der Waals surface area contributed by atoms with Gasteiger partial charge in [-0.2, -0.15) is 5.10 Å². The van der Waals surface area contributed by atoms with Gasteiger partial charge >= 0.3 is 11.8 Å². The Morgan fingerprint density at radius 2 is 1.50 bits per heavy atom. The van der Waals surface area contributed by atoms with E-state index in [1.54, 1.807) is 6.07 Å². The second kappa shape index (κ2) is 10.0. The van der Waals surface area contributed by atoms with Crippen molar-refractivity contribution < 1.29 is 14.3 Å². The molecule has 0 heterocycles. The smallest absolute Gasteiger partial charge is 0.329 e. The summed E-state index contributed by atoms with van der Waals surface area (Å²) in [6.07, 6.45) is 1.45. The van der Waals surface area contributed by atoms with Crippen molar-refractivity contribution in [1.82, 2.24) is 5.43 Å². The molecule has 0 saturated carbocycles. The maximum absolute atomic E-state index is 12.3. The third-order valence-corrected chi connectivity index (χ3v) is 4.77. The van der Waals surface area contributed by atoms with Gasteiger partial charge < -0.3 is 10.1 Å². The number of nitrogens with one attached hydrogen (secondary N) is 2. The van der Waals surface area contributed by atoms with Crippen LogP contribution in [0, 0.1) is 0 Å². The Labute approximate surface area is 185 Å². The van der Waals surface area contributed by atoms with E-state index in [0.717, 1.165) is 16.3 Å². The maximum Gasteiger partial charge on any atom is 0.329 e. The largest absolute Gasteiger partial charge is 0.488 e. The average molecular weight is 423 g/mol. The summed E-state index contributed by atoms with van der Waals surface area (Å²) >= 11 is 0. The first kappa shape index (κ1) is 20.8. The van der Waals surface area contributed by atoms with Gasteiger partial charge in [0.2, 0.25) is 0 Å². The van der Waals surface area contributed by atoms with Crippen molar-refractivity contribution in [3.8, 4) is 5.75 Å². The van der Waals surface area contributed by atoms with Crippen LogP contribution in [0.2, 0.25) is 0 Å². The molecule has 0 bridgehead atoms. The fraction of sp³-hybridized carbons (Fsp3) is 0.0385. The standard InChI is InChI=1S/C26H21N3O3/c30-25(28-23-15-8-13-20-11-4-6-14-22(20)23)26(31)29-27-17-21-12-5-7-16-24(21)32-18-19-9-2-1-3-10-19/h1-17H,18H2,(H,28,30)(H,29,31)/b27-17-. The number of nitrogens with zero attached hydrogens (tertiary/aromatic N) is 1. The molecular weight excluding hydrogens is 402 g/mol. The van der Waals surface area contributed by atoms with E-state index in [-0.39, 0.29) is 0 Å². The Morgan fingerprint density at radius 1 is 0.781 bits per heavy atom. The van der Waals surface area contributed by atoms with Gasteiger partial charge in [-0.15, -0.1) is 0 Å². The fourth-order valence-electron chi connectivity index (χ4n) is 3.18. The van der Waals surface area contributed by atoms with E-state index in [1.165, 1.54) is 6.21 Å². The van der Waals surface area contributed by atoms with Gasteiger partial charge in [-0.1, -0.05) is 78.9 Å². The molecule has 158 valence electrons. The lowest BCUT2D eigenvalue weighted by atomic mass is 10.1. The number of amides is 2. The predicted octanol–water partition coefficient (Wildman–Crippen LogP) is 4.51. The summed E-state index contributed by atoms with van der Waals surface area (Å²) in [4.78, 5) is 24.5. The van der Waals surface area contributed by atoms with Crippen LogP contribution in [0.15, 0.2) is 102 Å². The van der Waals surface area contributed by atoms with Gasteiger partial charge in [-0.3, -0.25) is 9.59 Å². The molecule has 0 radical (unpaired) electrons. The van der Waals surface area contributed by atoms with Crippen LogP contribution in [0.4, 0.5) is 5.69 Å². The Balaban J connectivity index is 1.37. The van der Waals surface area contributed by atoms with E-state index in [4.69, 9.17) is 4.74 Å². The molecule has 0 spiro atoms. The van der Waals surface area contributed by atoms with Gasteiger partial charge in [0.25, 0.3) is 0 Å². The van der Waals surface area contributed by atoms with Crippen LogP contribution in [-0.2, 0) is 16.2 Å². The predicted molar refractivity (Wildman–Crippen MR) is 126 cm³/mol. The molecule has 0 atom stereocenters. The highest BCUT2D eigenvalue weighted by atomic mass is 16.5. The van der Waals surface area contributed by atoms with Crippen molar-refractivity contribution in [2.24, 2.45) is 5.10 Å². The highest BCUT2D eigenvalue weighted by Crippen LogP contribution is 2.22. The molecule has 2 amide bonds. The van der Waals surface area contributed by atoms with Crippen LogP contribution in [0.1, 0.15) is 11.1 Å². The lowest BCUT2D eigenvalue weighted by Gasteiger charge is -2.09. The van der Waals surface area contributed by atoms with Gasteiger partial charge in [0.15, 0.2) is 0 Å². The molecule has 4 aromatic carbocycles. The monoisotopic (exact) mass is 423 g/mol. The lowest BCUT2D eigenvalue weighted by Crippen LogP contribution is -2.32. The Morgan fingerprint density at radius 3 is 2.38 bits per heavy atom. The van der Waals surface area contributed by atoms with Crippen molar-refractivity contribution >= 4 is 34.5 Å². The van der Waals surface area contributed by atoms with Crippen LogP contribution in [0.5, 0.6) is 5.75 Å². The number of benzene rings is 4. The Kier molecular flexibility index (Phi) is 6.53. The quantitative estimate of drug-likeness (QED) is 0.272. The van der Waals surface area contributed by atoms with E-state index in [1.807, 2.05) is 91.0 Å². The molecule has 6 nitrogen and oxygen atoms in total. The van der Waals surface area contributed by atoms with Gasteiger partial charge in [0.1, 0.15) is 12.4 Å². The maximum atomic E-state index is 12.3. The molecular formula is C26H21N3O3. The van der Waals surface area contributed by atoms with E-state index < -0.39 is 11.8 Å². The van der Waals surface area contributed by atoms with Crippen molar-refractivity contribution in [3.63, 3.8) is 0 Å². The number of carbonyl (C=O) groups excluding carboxylic acids is 2. The molecule has 0 aromatic heterocycles. The number of hydrogen-bond donors (Lipinski definition) is 2. The normalized spacial score (nSPS) is 10.8. The molecule has 0 aliphatic heterocycles. The van der Waals surface area contributed by atoms with Crippen LogP contribution < -0.4 is 15.5 Å². The third-order valence-electron chi connectivity index (χ3n) is 4.77. The van der Waals surface area contributed by atoms with Crippen LogP contribution in [0.3, 0.4) is 0 Å².